The fourth-order valence-corrected chi connectivity index (χ4v) is 1.63. The number of rotatable bonds is 4. The second-order valence-corrected chi connectivity index (χ2v) is 4.54. The Morgan fingerprint density at radius 2 is 1.79 bits per heavy atom. The van der Waals surface area contributed by atoms with Crippen LogP contribution in [0.2, 0.25) is 0 Å². The Kier molecular flexibility index (Phi) is 4.02. The zero-order chi connectivity index (χ0) is 10.6. The normalized spacial score (nSPS) is 12.1. The first kappa shape index (κ1) is 11.6. The van der Waals surface area contributed by atoms with Gasteiger partial charge in [0.15, 0.2) is 0 Å². The van der Waals surface area contributed by atoms with Gasteiger partial charge in [0.1, 0.15) is 0 Å². The van der Waals surface area contributed by atoms with E-state index < -0.39 is 8.60 Å². The van der Waals surface area contributed by atoms with Crippen LogP contribution in [0.25, 0.3) is 0 Å². The number of hydrogen-bond donors (Lipinski definition) is 2. The Morgan fingerprint density at radius 3 is 2.29 bits per heavy atom. The summed E-state index contributed by atoms with van der Waals surface area (Å²) in [6, 6.07) is 9.86. The molecule has 0 unspecified atom stereocenters. The van der Waals surface area contributed by atoms with Crippen molar-refractivity contribution < 1.29 is 14.3 Å². The Hall–Kier alpha value is -0.470. The SMILES string of the molecule is CC(C)(COP(O)O)c1ccccc1. The number of hydrogen-bond acceptors (Lipinski definition) is 3. The van der Waals surface area contributed by atoms with Crippen molar-refractivity contribution in [3.63, 3.8) is 0 Å². The molecule has 78 valence electrons. The van der Waals surface area contributed by atoms with Gasteiger partial charge in [-0.15, -0.1) is 0 Å². The van der Waals surface area contributed by atoms with E-state index in [2.05, 4.69) is 0 Å². The van der Waals surface area contributed by atoms with E-state index in [1.807, 2.05) is 44.2 Å². The van der Waals surface area contributed by atoms with E-state index in [1.165, 1.54) is 0 Å². The topological polar surface area (TPSA) is 49.7 Å². The van der Waals surface area contributed by atoms with Crippen LogP contribution in [0.1, 0.15) is 19.4 Å². The van der Waals surface area contributed by atoms with Crippen LogP contribution >= 0.6 is 8.60 Å². The van der Waals surface area contributed by atoms with Crippen molar-refractivity contribution in [1.82, 2.24) is 0 Å². The molecule has 0 fully saturated rings. The molecule has 1 aromatic carbocycles. The summed E-state index contributed by atoms with van der Waals surface area (Å²) in [4.78, 5) is 17.3. The highest BCUT2D eigenvalue weighted by molar-refractivity contribution is 7.39. The second-order valence-electron chi connectivity index (χ2n) is 3.78. The van der Waals surface area contributed by atoms with Gasteiger partial charge in [-0.1, -0.05) is 44.2 Å². The molecule has 1 rings (SSSR count). The van der Waals surface area contributed by atoms with Crippen LogP contribution in [0.3, 0.4) is 0 Å². The smallest absolute Gasteiger partial charge is 0.327 e. The van der Waals surface area contributed by atoms with Gasteiger partial charge in [-0.2, -0.15) is 0 Å². The summed E-state index contributed by atoms with van der Waals surface area (Å²) < 4.78 is 4.84. The van der Waals surface area contributed by atoms with Gasteiger partial charge in [-0.25, -0.2) is 0 Å². The Bertz CT molecular complexity index is 272. The molecule has 4 heteroatoms. The molecule has 2 N–H and O–H groups in total. The first-order chi connectivity index (χ1) is 6.52. The van der Waals surface area contributed by atoms with Crippen molar-refractivity contribution in [2.45, 2.75) is 19.3 Å². The van der Waals surface area contributed by atoms with Crippen molar-refractivity contribution in [3.05, 3.63) is 35.9 Å². The van der Waals surface area contributed by atoms with Crippen LogP contribution in [0.4, 0.5) is 0 Å². The monoisotopic (exact) mass is 214 g/mol. The summed E-state index contributed by atoms with van der Waals surface area (Å²) in [6.45, 7) is 4.30. The lowest BCUT2D eigenvalue weighted by Crippen LogP contribution is -2.23. The molecule has 0 aliphatic rings. The zero-order valence-corrected chi connectivity index (χ0v) is 9.24. The molecule has 0 bridgehead atoms. The second kappa shape index (κ2) is 4.85. The van der Waals surface area contributed by atoms with Gasteiger partial charge < -0.3 is 14.3 Å². The highest BCUT2D eigenvalue weighted by atomic mass is 31.2. The molecule has 0 saturated carbocycles. The molecule has 3 nitrogen and oxygen atoms in total. The van der Waals surface area contributed by atoms with Crippen LogP contribution < -0.4 is 0 Å². The van der Waals surface area contributed by atoms with E-state index in [1.54, 1.807) is 0 Å². The van der Waals surface area contributed by atoms with Gasteiger partial charge in [0.25, 0.3) is 0 Å². The summed E-state index contributed by atoms with van der Waals surface area (Å²) in [5, 5.41) is 0. The standard InChI is InChI=1S/C10H15O3P/c1-10(2,8-13-14(11)12)9-6-4-3-5-7-9/h3-7,11-12H,8H2,1-2H3. The third-order valence-corrected chi connectivity index (χ3v) is 2.46. The van der Waals surface area contributed by atoms with Crippen molar-refractivity contribution >= 4 is 8.60 Å². The summed E-state index contributed by atoms with van der Waals surface area (Å²) in [5.41, 5.74) is 0.921. The highest BCUT2D eigenvalue weighted by Gasteiger charge is 2.21. The first-order valence-electron chi connectivity index (χ1n) is 4.39. The van der Waals surface area contributed by atoms with Gasteiger partial charge in [-0.05, 0) is 5.56 Å². The fraction of sp³-hybridized carbons (Fsp3) is 0.400. The largest absolute Gasteiger partial charge is 0.328 e. The van der Waals surface area contributed by atoms with E-state index >= 15 is 0 Å². The fourth-order valence-electron chi connectivity index (χ4n) is 1.19. The molecule has 0 radical (unpaired) electrons. The van der Waals surface area contributed by atoms with Crippen LogP contribution in [0, 0.1) is 0 Å². The molecule has 0 aliphatic heterocycles. The molecule has 14 heavy (non-hydrogen) atoms. The maximum atomic E-state index is 8.66. The average Bonchev–Trinajstić information content (AvgIpc) is 2.16. The van der Waals surface area contributed by atoms with Crippen LogP contribution in [-0.2, 0) is 9.94 Å². The quantitative estimate of drug-likeness (QED) is 0.755. The Balaban J connectivity index is 2.66. The van der Waals surface area contributed by atoms with Crippen LogP contribution in [0.5, 0.6) is 0 Å². The molecule has 0 atom stereocenters. The average molecular weight is 214 g/mol. The Labute approximate surface area is 85.4 Å². The first-order valence-corrected chi connectivity index (χ1v) is 5.55. The van der Waals surface area contributed by atoms with Crippen molar-refractivity contribution in [2.75, 3.05) is 6.61 Å². The van der Waals surface area contributed by atoms with E-state index in [-0.39, 0.29) is 5.41 Å². The third kappa shape index (κ3) is 3.35. The van der Waals surface area contributed by atoms with Gasteiger partial charge in [0.05, 0.1) is 6.61 Å². The van der Waals surface area contributed by atoms with E-state index in [9.17, 15) is 0 Å². The Morgan fingerprint density at radius 1 is 1.21 bits per heavy atom. The van der Waals surface area contributed by atoms with Gasteiger partial charge >= 0.3 is 8.60 Å². The molecule has 0 aliphatic carbocycles. The number of benzene rings is 1. The molecule has 0 spiro atoms. The van der Waals surface area contributed by atoms with Gasteiger partial charge in [0.2, 0.25) is 0 Å². The van der Waals surface area contributed by atoms with Gasteiger partial charge in [0, 0.05) is 5.41 Å². The third-order valence-electron chi connectivity index (χ3n) is 2.10. The lowest BCUT2D eigenvalue weighted by molar-refractivity contribution is 0.205. The lowest BCUT2D eigenvalue weighted by Gasteiger charge is -2.24. The minimum absolute atomic E-state index is 0.201. The van der Waals surface area contributed by atoms with Crippen LogP contribution in [-0.4, -0.2) is 16.4 Å². The molecule has 1 aromatic rings. The molecule has 0 saturated heterocycles. The molecular formula is C10H15O3P. The lowest BCUT2D eigenvalue weighted by atomic mass is 9.86. The summed E-state index contributed by atoms with van der Waals surface area (Å²) in [6.07, 6.45) is 0. The maximum absolute atomic E-state index is 8.66. The van der Waals surface area contributed by atoms with Crippen molar-refractivity contribution in [2.24, 2.45) is 0 Å². The van der Waals surface area contributed by atoms with Crippen molar-refractivity contribution in [1.29, 1.82) is 0 Å². The summed E-state index contributed by atoms with van der Waals surface area (Å²) in [7, 11) is -2.26. The van der Waals surface area contributed by atoms with E-state index in [4.69, 9.17) is 14.3 Å². The molecular weight excluding hydrogens is 199 g/mol. The van der Waals surface area contributed by atoms with Crippen LogP contribution in [0.15, 0.2) is 30.3 Å². The predicted molar refractivity (Wildman–Crippen MR) is 56.8 cm³/mol. The highest BCUT2D eigenvalue weighted by Crippen LogP contribution is 2.31. The summed E-state index contributed by atoms with van der Waals surface area (Å²) in [5.74, 6) is 0. The van der Waals surface area contributed by atoms with Crippen molar-refractivity contribution in [3.8, 4) is 0 Å². The van der Waals surface area contributed by atoms with E-state index in [0.717, 1.165) is 5.56 Å². The van der Waals surface area contributed by atoms with E-state index in [0.29, 0.717) is 6.61 Å². The minimum Gasteiger partial charge on any atom is -0.328 e. The molecule has 0 heterocycles. The zero-order valence-electron chi connectivity index (χ0n) is 8.34. The maximum Gasteiger partial charge on any atom is 0.327 e. The molecule has 0 amide bonds. The summed E-state index contributed by atoms with van der Waals surface area (Å²) >= 11 is 0. The minimum atomic E-state index is -2.26. The predicted octanol–water partition coefficient (Wildman–Crippen LogP) is 2.19. The van der Waals surface area contributed by atoms with Gasteiger partial charge in [-0.3, -0.25) is 0 Å². The molecule has 0 aromatic heterocycles.